The normalized spacial score (nSPS) is 16.1. The highest BCUT2D eigenvalue weighted by molar-refractivity contribution is 5.92. The maximum atomic E-state index is 12.3. The Hall–Kier alpha value is -1.58. The minimum Gasteiger partial charge on any atom is -0.397 e. The van der Waals surface area contributed by atoms with E-state index in [2.05, 4.69) is 4.98 Å². The Labute approximate surface area is 102 Å². The Morgan fingerprint density at radius 3 is 2.71 bits per heavy atom. The van der Waals surface area contributed by atoms with Gasteiger partial charge < -0.3 is 10.6 Å². The summed E-state index contributed by atoms with van der Waals surface area (Å²) >= 11 is 0. The van der Waals surface area contributed by atoms with E-state index in [-0.39, 0.29) is 5.91 Å². The molecule has 0 saturated heterocycles. The lowest BCUT2D eigenvalue weighted by Crippen LogP contribution is -2.39. The zero-order chi connectivity index (χ0) is 12.3. The molecule has 0 bridgehead atoms. The van der Waals surface area contributed by atoms with Crippen LogP contribution in [0.4, 0.5) is 5.69 Å². The van der Waals surface area contributed by atoms with Gasteiger partial charge in [-0.05, 0) is 31.9 Å². The van der Waals surface area contributed by atoms with Crippen LogP contribution in [0.3, 0.4) is 0 Å². The maximum absolute atomic E-state index is 12.3. The first-order chi connectivity index (χ1) is 8.22. The van der Waals surface area contributed by atoms with Crippen LogP contribution < -0.4 is 5.73 Å². The topological polar surface area (TPSA) is 59.2 Å². The molecule has 1 aromatic heterocycles. The van der Waals surface area contributed by atoms with Crippen molar-refractivity contribution in [1.82, 2.24) is 9.88 Å². The van der Waals surface area contributed by atoms with Crippen LogP contribution in [-0.2, 0) is 0 Å². The molecule has 4 nitrogen and oxygen atoms in total. The van der Waals surface area contributed by atoms with Crippen LogP contribution in [0.15, 0.2) is 18.3 Å². The number of rotatable bonds is 3. The van der Waals surface area contributed by atoms with Gasteiger partial charge in [0.25, 0.3) is 5.91 Å². The fourth-order valence-corrected chi connectivity index (χ4v) is 2.46. The highest BCUT2D eigenvalue weighted by atomic mass is 16.2. The van der Waals surface area contributed by atoms with Gasteiger partial charge in [0.2, 0.25) is 0 Å². The molecule has 1 aliphatic carbocycles. The lowest BCUT2D eigenvalue weighted by Gasteiger charge is -2.27. The third kappa shape index (κ3) is 2.57. The second-order valence-electron chi connectivity index (χ2n) is 4.51. The Kier molecular flexibility index (Phi) is 3.61. The first-order valence-corrected chi connectivity index (χ1v) is 6.25. The molecule has 1 amide bonds. The summed E-state index contributed by atoms with van der Waals surface area (Å²) < 4.78 is 0. The van der Waals surface area contributed by atoms with Gasteiger partial charge in [0, 0.05) is 12.6 Å². The number of carbonyl (C=O) groups excluding carboxylic acids is 1. The zero-order valence-corrected chi connectivity index (χ0v) is 10.2. The third-order valence-corrected chi connectivity index (χ3v) is 3.37. The van der Waals surface area contributed by atoms with Crippen molar-refractivity contribution < 1.29 is 4.79 Å². The SMILES string of the molecule is CCN(C(=O)c1ccc(N)cn1)C1CCCC1. The first kappa shape index (κ1) is 11.9. The fourth-order valence-electron chi connectivity index (χ4n) is 2.46. The van der Waals surface area contributed by atoms with Crippen LogP contribution >= 0.6 is 0 Å². The fraction of sp³-hybridized carbons (Fsp3) is 0.538. The highest BCUT2D eigenvalue weighted by Crippen LogP contribution is 2.24. The molecule has 0 radical (unpaired) electrons. The van der Waals surface area contributed by atoms with Gasteiger partial charge in [0.05, 0.1) is 11.9 Å². The molecule has 0 spiro atoms. The quantitative estimate of drug-likeness (QED) is 0.869. The first-order valence-electron chi connectivity index (χ1n) is 6.25. The van der Waals surface area contributed by atoms with Crippen molar-refractivity contribution in [3.63, 3.8) is 0 Å². The van der Waals surface area contributed by atoms with E-state index >= 15 is 0 Å². The molecule has 2 N–H and O–H groups in total. The summed E-state index contributed by atoms with van der Waals surface area (Å²) in [6.45, 7) is 2.77. The van der Waals surface area contributed by atoms with Gasteiger partial charge in [-0.2, -0.15) is 0 Å². The molecular weight excluding hydrogens is 214 g/mol. The number of nitrogen functional groups attached to an aromatic ring is 1. The monoisotopic (exact) mass is 233 g/mol. The summed E-state index contributed by atoms with van der Waals surface area (Å²) in [5.74, 6) is 0.0272. The second kappa shape index (κ2) is 5.17. The van der Waals surface area contributed by atoms with Gasteiger partial charge in [-0.25, -0.2) is 4.98 Å². The van der Waals surface area contributed by atoms with Crippen molar-refractivity contribution in [3.05, 3.63) is 24.0 Å². The molecule has 1 fully saturated rings. The van der Waals surface area contributed by atoms with E-state index in [0.29, 0.717) is 17.4 Å². The summed E-state index contributed by atoms with van der Waals surface area (Å²) in [5.41, 5.74) is 6.65. The van der Waals surface area contributed by atoms with E-state index in [1.165, 1.54) is 19.0 Å². The molecule has 1 aliphatic rings. The zero-order valence-electron chi connectivity index (χ0n) is 10.2. The van der Waals surface area contributed by atoms with E-state index < -0.39 is 0 Å². The summed E-state index contributed by atoms with van der Waals surface area (Å²) in [6.07, 6.45) is 6.23. The molecule has 1 heterocycles. The van der Waals surface area contributed by atoms with Crippen molar-refractivity contribution >= 4 is 11.6 Å². The maximum Gasteiger partial charge on any atom is 0.272 e. The van der Waals surface area contributed by atoms with Gasteiger partial charge in [0.15, 0.2) is 0 Å². The molecule has 4 heteroatoms. The van der Waals surface area contributed by atoms with E-state index in [4.69, 9.17) is 5.73 Å². The predicted molar refractivity (Wildman–Crippen MR) is 67.6 cm³/mol. The Morgan fingerprint density at radius 2 is 2.18 bits per heavy atom. The highest BCUT2D eigenvalue weighted by Gasteiger charge is 2.26. The molecule has 17 heavy (non-hydrogen) atoms. The van der Waals surface area contributed by atoms with Gasteiger partial charge in [0.1, 0.15) is 5.69 Å². The van der Waals surface area contributed by atoms with Gasteiger partial charge in [-0.15, -0.1) is 0 Å². The number of nitrogens with zero attached hydrogens (tertiary/aromatic N) is 2. The van der Waals surface area contributed by atoms with Crippen molar-refractivity contribution in [2.45, 2.75) is 38.6 Å². The minimum atomic E-state index is 0.0272. The smallest absolute Gasteiger partial charge is 0.272 e. The molecule has 0 unspecified atom stereocenters. The lowest BCUT2D eigenvalue weighted by atomic mass is 10.2. The summed E-state index contributed by atoms with van der Waals surface area (Å²) in [6, 6.07) is 3.82. The van der Waals surface area contributed by atoms with Crippen molar-refractivity contribution in [1.29, 1.82) is 0 Å². The summed E-state index contributed by atoms with van der Waals surface area (Å²) in [4.78, 5) is 18.3. The molecule has 2 rings (SSSR count). The number of anilines is 1. The van der Waals surface area contributed by atoms with Gasteiger partial charge in [-0.3, -0.25) is 4.79 Å². The van der Waals surface area contributed by atoms with E-state index in [0.717, 1.165) is 19.4 Å². The molecule has 0 aliphatic heterocycles. The summed E-state index contributed by atoms with van der Waals surface area (Å²) in [7, 11) is 0. The number of aromatic nitrogens is 1. The van der Waals surface area contributed by atoms with E-state index in [9.17, 15) is 4.79 Å². The Morgan fingerprint density at radius 1 is 1.47 bits per heavy atom. The van der Waals surface area contributed by atoms with Crippen LogP contribution in [0.2, 0.25) is 0 Å². The number of carbonyl (C=O) groups is 1. The lowest BCUT2D eigenvalue weighted by molar-refractivity contribution is 0.0687. The molecule has 1 saturated carbocycles. The number of nitrogens with two attached hydrogens (primary N) is 1. The van der Waals surface area contributed by atoms with Gasteiger partial charge in [-0.1, -0.05) is 12.8 Å². The third-order valence-electron chi connectivity index (χ3n) is 3.37. The summed E-state index contributed by atoms with van der Waals surface area (Å²) in [5, 5.41) is 0. The molecule has 0 aromatic carbocycles. The number of hydrogen-bond donors (Lipinski definition) is 1. The second-order valence-corrected chi connectivity index (χ2v) is 4.51. The standard InChI is InChI=1S/C13H19N3O/c1-2-16(11-5-3-4-6-11)13(17)12-8-7-10(14)9-15-12/h7-9,11H,2-6,14H2,1H3. The average molecular weight is 233 g/mol. The minimum absolute atomic E-state index is 0.0272. The van der Waals surface area contributed by atoms with Crippen molar-refractivity contribution in [3.8, 4) is 0 Å². The Bertz CT molecular complexity index is 382. The largest absolute Gasteiger partial charge is 0.397 e. The van der Waals surface area contributed by atoms with Crippen LogP contribution in [0.5, 0.6) is 0 Å². The Balaban J connectivity index is 2.13. The van der Waals surface area contributed by atoms with Crippen molar-refractivity contribution in [2.24, 2.45) is 0 Å². The number of hydrogen-bond acceptors (Lipinski definition) is 3. The van der Waals surface area contributed by atoms with E-state index in [1.54, 1.807) is 12.1 Å². The van der Waals surface area contributed by atoms with Crippen LogP contribution in [0, 0.1) is 0 Å². The number of pyridine rings is 1. The van der Waals surface area contributed by atoms with Crippen LogP contribution in [0.25, 0.3) is 0 Å². The average Bonchev–Trinajstić information content (AvgIpc) is 2.84. The molecule has 1 aromatic rings. The predicted octanol–water partition coefficient (Wildman–Crippen LogP) is 2.07. The molecule has 92 valence electrons. The molecule has 0 atom stereocenters. The van der Waals surface area contributed by atoms with Gasteiger partial charge >= 0.3 is 0 Å². The van der Waals surface area contributed by atoms with Crippen LogP contribution in [-0.4, -0.2) is 28.4 Å². The number of amides is 1. The van der Waals surface area contributed by atoms with Crippen LogP contribution in [0.1, 0.15) is 43.1 Å². The molecular formula is C13H19N3O. The van der Waals surface area contributed by atoms with Crippen molar-refractivity contribution in [2.75, 3.05) is 12.3 Å². The van der Waals surface area contributed by atoms with E-state index in [1.807, 2.05) is 11.8 Å².